The Kier molecular flexibility index (Phi) is 5.15. The molecule has 1 amide bonds. The van der Waals surface area contributed by atoms with Gasteiger partial charge in [-0.1, -0.05) is 6.07 Å². The molecule has 0 saturated carbocycles. The fourth-order valence-corrected chi connectivity index (χ4v) is 2.20. The lowest BCUT2D eigenvalue weighted by atomic mass is 10.1. The summed E-state index contributed by atoms with van der Waals surface area (Å²) in [6.07, 6.45) is 2.88. The van der Waals surface area contributed by atoms with Crippen LogP contribution in [0.25, 0.3) is 0 Å². The van der Waals surface area contributed by atoms with Crippen LogP contribution in [0.5, 0.6) is 5.75 Å². The summed E-state index contributed by atoms with van der Waals surface area (Å²) in [5.41, 5.74) is 4.37. The van der Waals surface area contributed by atoms with Crippen molar-refractivity contribution in [1.29, 1.82) is 0 Å². The highest BCUT2D eigenvalue weighted by atomic mass is 16.5. The van der Waals surface area contributed by atoms with Gasteiger partial charge >= 0.3 is 0 Å². The molecule has 0 radical (unpaired) electrons. The van der Waals surface area contributed by atoms with Crippen LogP contribution in [0.1, 0.15) is 29.2 Å². The van der Waals surface area contributed by atoms with Gasteiger partial charge in [-0.2, -0.15) is 0 Å². The van der Waals surface area contributed by atoms with E-state index >= 15 is 0 Å². The van der Waals surface area contributed by atoms with Crippen LogP contribution in [-0.2, 0) is 11.3 Å². The first-order chi connectivity index (χ1) is 10.5. The van der Waals surface area contributed by atoms with Crippen LogP contribution in [0.2, 0.25) is 0 Å². The molecule has 116 valence electrons. The number of rotatable bonds is 5. The third-order valence-electron chi connectivity index (χ3n) is 3.65. The number of nitrogens with one attached hydrogen (secondary N) is 1. The summed E-state index contributed by atoms with van der Waals surface area (Å²) in [5.74, 6) is 0.638. The zero-order chi connectivity index (χ0) is 16.1. The first kappa shape index (κ1) is 16.0. The van der Waals surface area contributed by atoms with E-state index < -0.39 is 6.10 Å². The number of carbonyl (C=O) groups excluding carboxylic acids is 1. The Morgan fingerprint density at radius 3 is 2.59 bits per heavy atom. The monoisotopic (exact) mass is 298 g/mol. The normalized spacial score (nSPS) is 11.8. The van der Waals surface area contributed by atoms with Crippen LogP contribution in [0.15, 0.2) is 36.7 Å². The van der Waals surface area contributed by atoms with E-state index in [4.69, 9.17) is 4.74 Å². The predicted octanol–water partition coefficient (Wildman–Crippen LogP) is 3.09. The third-order valence-corrected chi connectivity index (χ3v) is 3.65. The lowest BCUT2D eigenvalue weighted by molar-refractivity contribution is -0.127. The Hall–Kier alpha value is -2.36. The molecule has 1 aromatic heterocycles. The van der Waals surface area contributed by atoms with E-state index in [1.807, 2.05) is 39.0 Å². The zero-order valence-electron chi connectivity index (χ0n) is 13.5. The number of aromatic nitrogens is 1. The number of benzene rings is 1. The number of pyridine rings is 1. The van der Waals surface area contributed by atoms with E-state index in [0.29, 0.717) is 6.54 Å². The van der Waals surface area contributed by atoms with Gasteiger partial charge in [0.25, 0.3) is 5.91 Å². The molecular formula is C18H22N2O2. The molecule has 4 nitrogen and oxygen atoms in total. The van der Waals surface area contributed by atoms with E-state index in [-0.39, 0.29) is 5.91 Å². The van der Waals surface area contributed by atoms with Crippen molar-refractivity contribution in [3.63, 3.8) is 0 Å². The molecule has 0 unspecified atom stereocenters. The molecule has 22 heavy (non-hydrogen) atoms. The zero-order valence-corrected chi connectivity index (χ0v) is 13.5. The smallest absolute Gasteiger partial charge is 0.261 e. The summed E-state index contributed by atoms with van der Waals surface area (Å²) in [6.45, 7) is 8.31. The summed E-state index contributed by atoms with van der Waals surface area (Å²) < 4.78 is 5.83. The maximum absolute atomic E-state index is 12.2. The van der Waals surface area contributed by atoms with Gasteiger partial charge in [0.05, 0.1) is 0 Å². The topological polar surface area (TPSA) is 51.2 Å². The minimum absolute atomic E-state index is 0.129. The molecule has 0 bridgehead atoms. The lowest BCUT2D eigenvalue weighted by Crippen LogP contribution is -2.36. The second-order valence-corrected chi connectivity index (χ2v) is 5.54. The quantitative estimate of drug-likeness (QED) is 0.923. The standard InChI is InChI=1S/C18H22N2O2/c1-12-9-13(2)14(3)17(10-12)22-15(4)18(21)20-11-16-5-7-19-8-6-16/h5-10,15H,11H2,1-4H3,(H,20,21)/t15-/m0/s1. The number of carbonyl (C=O) groups is 1. The van der Waals surface area contributed by atoms with Crippen molar-refractivity contribution in [2.75, 3.05) is 0 Å². The predicted molar refractivity (Wildman–Crippen MR) is 86.8 cm³/mol. The van der Waals surface area contributed by atoms with Crippen LogP contribution in [0.3, 0.4) is 0 Å². The van der Waals surface area contributed by atoms with Crippen LogP contribution in [-0.4, -0.2) is 17.0 Å². The SMILES string of the molecule is Cc1cc(C)c(C)c(O[C@@H](C)C(=O)NCc2ccncc2)c1. The molecule has 1 N–H and O–H groups in total. The van der Waals surface area contributed by atoms with Gasteiger partial charge in [0, 0.05) is 18.9 Å². The van der Waals surface area contributed by atoms with Gasteiger partial charge < -0.3 is 10.1 Å². The van der Waals surface area contributed by atoms with Gasteiger partial charge in [0.1, 0.15) is 5.75 Å². The summed E-state index contributed by atoms with van der Waals surface area (Å²) >= 11 is 0. The summed E-state index contributed by atoms with van der Waals surface area (Å²) in [5, 5.41) is 2.88. The van der Waals surface area contributed by atoms with Gasteiger partial charge in [-0.15, -0.1) is 0 Å². The van der Waals surface area contributed by atoms with Gasteiger partial charge in [-0.05, 0) is 68.1 Å². The van der Waals surface area contributed by atoms with Crippen LogP contribution >= 0.6 is 0 Å². The number of ether oxygens (including phenoxy) is 1. The van der Waals surface area contributed by atoms with Crippen molar-refractivity contribution < 1.29 is 9.53 Å². The van der Waals surface area contributed by atoms with E-state index in [2.05, 4.69) is 16.4 Å². The number of hydrogen-bond acceptors (Lipinski definition) is 3. The van der Waals surface area contributed by atoms with E-state index in [1.165, 1.54) is 5.56 Å². The van der Waals surface area contributed by atoms with Gasteiger partial charge in [-0.3, -0.25) is 9.78 Å². The number of amides is 1. The molecule has 4 heteroatoms. The number of aryl methyl sites for hydroxylation is 2. The van der Waals surface area contributed by atoms with Crippen molar-refractivity contribution in [1.82, 2.24) is 10.3 Å². The Bertz CT molecular complexity index is 654. The molecule has 1 aromatic carbocycles. The van der Waals surface area contributed by atoms with E-state index in [9.17, 15) is 4.79 Å². The van der Waals surface area contributed by atoms with E-state index in [1.54, 1.807) is 19.3 Å². The van der Waals surface area contributed by atoms with Crippen molar-refractivity contribution in [2.24, 2.45) is 0 Å². The Morgan fingerprint density at radius 1 is 1.23 bits per heavy atom. The highest BCUT2D eigenvalue weighted by Gasteiger charge is 2.16. The maximum Gasteiger partial charge on any atom is 0.261 e. The van der Waals surface area contributed by atoms with Crippen molar-refractivity contribution in [2.45, 2.75) is 40.3 Å². The Morgan fingerprint density at radius 2 is 1.91 bits per heavy atom. The fourth-order valence-electron chi connectivity index (χ4n) is 2.20. The van der Waals surface area contributed by atoms with Gasteiger partial charge in [0.15, 0.2) is 6.10 Å². The maximum atomic E-state index is 12.2. The highest BCUT2D eigenvalue weighted by Crippen LogP contribution is 2.24. The van der Waals surface area contributed by atoms with Gasteiger partial charge in [-0.25, -0.2) is 0 Å². The molecule has 0 spiro atoms. The molecule has 2 rings (SSSR count). The second-order valence-electron chi connectivity index (χ2n) is 5.54. The first-order valence-electron chi connectivity index (χ1n) is 7.38. The molecule has 1 atom stereocenters. The number of hydrogen-bond donors (Lipinski definition) is 1. The molecule has 0 saturated heterocycles. The van der Waals surface area contributed by atoms with Crippen molar-refractivity contribution >= 4 is 5.91 Å². The molecule has 0 aliphatic heterocycles. The first-order valence-corrected chi connectivity index (χ1v) is 7.38. The average Bonchev–Trinajstić information content (AvgIpc) is 2.50. The Labute approximate surface area is 131 Å². The Balaban J connectivity index is 1.97. The largest absolute Gasteiger partial charge is 0.481 e. The fraction of sp³-hybridized carbons (Fsp3) is 0.333. The van der Waals surface area contributed by atoms with Crippen molar-refractivity contribution in [3.05, 3.63) is 58.9 Å². The molecule has 0 fully saturated rings. The average molecular weight is 298 g/mol. The summed E-state index contributed by atoms with van der Waals surface area (Å²) in [4.78, 5) is 16.1. The van der Waals surface area contributed by atoms with E-state index in [0.717, 1.165) is 22.4 Å². The van der Waals surface area contributed by atoms with Crippen LogP contribution in [0, 0.1) is 20.8 Å². The molecule has 1 heterocycles. The summed E-state index contributed by atoms with van der Waals surface area (Å²) in [7, 11) is 0. The minimum atomic E-state index is -0.540. The highest BCUT2D eigenvalue weighted by molar-refractivity contribution is 5.80. The molecule has 0 aliphatic carbocycles. The third kappa shape index (κ3) is 4.07. The number of nitrogens with zero attached hydrogens (tertiary/aromatic N) is 1. The van der Waals surface area contributed by atoms with Crippen molar-refractivity contribution in [3.8, 4) is 5.75 Å². The molecule has 2 aromatic rings. The molecular weight excluding hydrogens is 276 g/mol. The minimum Gasteiger partial charge on any atom is -0.481 e. The van der Waals surface area contributed by atoms with Crippen LogP contribution in [0.4, 0.5) is 0 Å². The summed E-state index contributed by atoms with van der Waals surface area (Å²) in [6, 6.07) is 7.82. The van der Waals surface area contributed by atoms with Crippen LogP contribution < -0.4 is 10.1 Å². The molecule has 0 aliphatic rings. The lowest BCUT2D eigenvalue weighted by Gasteiger charge is -2.18. The van der Waals surface area contributed by atoms with Gasteiger partial charge in [0.2, 0.25) is 0 Å². The second kappa shape index (κ2) is 7.07.